The molecule has 9 nitrogen and oxygen atoms in total. The maximum absolute atomic E-state index is 6.16. The van der Waals surface area contributed by atoms with Gasteiger partial charge < -0.3 is 15.0 Å². The molecule has 1 aliphatic heterocycles. The number of hydrogen-bond donors (Lipinski definition) is 1. The van der Waals surface area contributed by atoms with E-state index in [1.54, 1.807) is 17.5 Å². The monoisotopic (exact) mass is 423 g/mol. The maximum Gasteiger partial charge on any atom is 0.245 e. The highest BCUT2D eigenvalue weighted by Crippen LogP contribution is 2.28. The second-order valence-electron chi connectivity index (χ2n) is 7.12. The van der Waals surface area contributed by atoms with E-state index in [1.807, 2.05) is 24.4 Å². The molecule has 0 aromatic carbocycles. The largest absolute Gasteiger partial charge is 0.372 e. The highest BCUT2D eigenvalue weighted by Gasteiger charge is 2.25. The highest BCUT2D eigenvalue weighted by molar-refractivity contribution is 7.09. The zero-order valence-electron chi connectivity index (χ0n) is 16.3. The molecule has 0 radical (unpaired) electrons. The van der Waals surface area contributed by atoms with E-state index in [0.29, 0.717) is 30.3 Å². The highest BCUT2D eigenvalue weighted by atomic mass is 32.1. The smallest absolute Gasteiger partial charge is 0.245 e. The van der Waals surface area contributed by atoms with Crippen molar-refractivity contribution in [1.82, 2.24) is 25.3 Å². The van der Waals surface area contributed by atoms with Crippen LogP contribution in [0, 0.1) is 0 Å². The summed E-state index contributed by atoms with van der Waals surface area (Å²) in [5, 5.41) is 13.2. The summed E-state index contributed by atoms with van der Waals surface area (Å²) in [6.45, 7) is 2.84. The molecule has 1 unspecified atom stereocenters. The van der Waals surface area contributed by atoms with Crippen LogP contribution in [0.4, 0.5) is 11.6 Å². The molecule has 0 saturated carbocycles. The van der Waals surface area contributed by atoms with E-state index in [9.17, 15) is 0 Å². The van der Waals surface area contributed by atoms with Crippen molar-refractivity contribution in [1.29, 1.82) is 0 Å². The van der Waals surface area contributed by atoms with Crippen LogP contribution in [-0.2, 0) is 17.9 Å². The number of nitrogens with zero attached hydrogens (tertiary/aromatic N) is 6. The minimum atomic E-state index is 0.108. The minimum absolute atomic E-state index is 0.108. The Balaban J connectivity index is 1.33. The third-order valence-electron chi connectivity index (χ3n) is 4.99. The van der Waals surface area contributed by atoms with Gasteiger partial charge in [-0.1, -0.05) is 12.1 Å². The van der Waals surface area contributed by atoms with E-state index in [1.165, 1.54) is 4.88 Å². The lowest BCUT2D eigenvalue weighted by molar-refractivity contribution is 0.0313. The number of hydrogen-bond acceptors (Lipinski definition) is 10. The summed E-state index contributed by atoms with van der Waals surface area (Å²) in [5.74, 6) is 1.43. The molecule has 1 fully saturated rings. The first-order valence-electron chi connectivity index (χ1n) is 9.87. The van der Waals surface area contributed by atoms with Crippen molar-refractivity contribution >= 4 is 34.3 Å². The fourth-order valence-electron chi connectivity index (χ4n) is 3.52. The molecule has 5 rings (SSSR count). The van der Waals surface area contributed by atoms with Gasteiger partial charge in [-0.2, -0.15) is 0 Å². The second kappa shape index (κ2) is 8.72. The number of rotatable bonds is 7. The molecule has 4 aromatic rings. The zero-order chi connectivity index (χ0) is 20.2. The van der Waals surface area contributed by atoms with Crippen LogP contribution in [0.5, 0.6) is 0 Å². The third kappa shape index (κ3) is 4.24. The van der Waals surface area contributed by atoms with Crippen molar-refractivity contribution in [2.75, 3.05) is 23.3 Å². The van der Waals surface area contributed by atoms with E-state index in [2.05, 4.69) is 46.9 Å². The molecular weight excluding hydrogens is 402 g/mol. The topological polar surface area (TPSA) is 102 Å². The number of piperidine rings is 1. The molecule has 4 aromatic heterocycles. The van der Waals surface area contributed by atoms with Gasteiger partial charge in [-0.25, -0.2) is 14.6 Å². The zero-order valence-corrected chi connectivity index (χ0v) is 17.1. The summed E-state index contributed by atoms with van der Waals surface area (Å²) in [6, 6.07) is 8.07. The molecule has 1 atom stereocenters. The average Bonchev–Trinajstić information content (AvgIpc) is 3.48. The number of anilines is 2. The first-order valence-corrected chi connectivity index (χ1v) is 10.7. The van der Waals surface area contributed by atoms with Gasteiger partial charge in [-0.05, 0) is 46.2 Å². The van der Waals surface area contributed by atoms with Gasteiger partial charge in [0.05, 0.1) is 19.3 Å². The predicted octanol–water partition coefficient (Wildman–Crippen LogP) is 3.27. The Morgan fingerprint density at radius 1 is 1.20 bits per heavy atom. The molecule has 154 valence electrons. The average molecular weight is 424 g/mol. The van der Waals surface area contributed by atoms with Gasteiger partial charge in [-0.15, -0.1) is 11.3 Å². The van der Waals surface area contributed by atoms with Gasteiger partial charge in [0.15, 0.2) is 11.6 Å². The van der Waals surface area contributed by atoms with Crippen LogP contribution >= 0.6 is 11.3 Å². The Bertz CT molecular complexity index is 1090. The number of pyridine rings is 1. The molecule has 0 bridgehead atoms. The van der Waals surface area contributed by atoms with Gasteiger partial charge in [0, 0.05) is 30.4 Å². The van der Waals surface area contributed by atoms with E-state index >= 15 is 0 Å². The fraction of sp³-hybridized carbons (Fsp3) is 0.350. The Morgan fingerprint density at radius 2 is 2.13 bits per heavy atom. The van der Waals surface area contributed by atoms with Crippen LogP contribution in [0.15, 0.2) is 46.7 Å². The van der Waals surface area contributed by atoms with Crippen LogP contribution in [0.25, 0.3) is 11.3 Å². The Hall–Kier alpha value is -3.11. The minimum Gasteiger partial charge on any atom is -0.372 e. The number of ether oxygens (including phenoxy) is 1. The van der Waals surface area contributed by atoms with Crippen molar-refractivity contribution in [2.45, 2.75) is 32.1 Å². The van der Waals surface area contributed by atoms with Crippen molar-refractivity contribution in [3.8, 4) is 0 Å². The Kier molecular flexibility index (Phi) is 5.49. The summed E-state index contributed by atoms with van der Waals surface area (Å²) in [6.07, 6.45) is 5.74. The van der Waals surface area contributed by atoms with Crippen LogP contribution in [-0.4, -0.2) is 44.5 Å². The van der Waals surface area contributed by atoms with Gasteiger partial charge in [0.25, 0.3) is 0 Å². The van der Waals surface area contributed by atoms with E-state index in [4.69, 9.17) is 9.37 Å². The standard InChI is InChI=1S/C20H21N7O2S/c1-4-14(10-21-7-1)13-28-15-5-2-8-27(12-15)20-19(22-11-16-6-3-9-30-16)23-17-18(24-20)26-29-25-17/h1,3-4,6-7,9-10,15H,2,5,8,11-13H2,(H,22,23,25). The van der Waals surface area contributed by atoms with Crippen molar-refractivity contribution in [3.63, 3.8) is 0 Å². The van der Waals surface area contributed by atoms with Crippen molar-refractivity contribution in [2.24, 2.45) is 0 Å². The van der Waals surface area contributed by atoms with Gasteiger partial charge in [0.1, 0.15) is 0 Å². The Labute approximate surface area is 177 Å². The molecule has 1 N–H and O–H groups in total. The summed E-state index contributed by atoms with van der Waals surface area (Å²) in [5.41, 5.74) is 1.88. The number of fused-ring (bicyclic) bond motifs is 1. The number of thiophene rings is 1. The molecule has 1 saturated heterocycles. The SMILES string of the molecule is c1cncc(COC2CCCN(c3nc4nonc4nc3NCc3cccs3)C2)c1. The predicted molar refractivity (Wildman–Crippen MR) is 113 cm³/mol. The molecule has 0 aliphatic carbocycles. The molecule has 0 amide bonds. The van der Waals surface area contributed by atoms with Gasteiger partial charge in [0.2, 0.25) is 11.3 Å². The number of aromatic nitrogens is 5. The lowest BCUT2D eigenvalue weighted by Crippen LogP contribution is -2.40. The summed E-state index contributed by atoms with van der Waals surface area (Å²) < 4.78 is 11.0. The molecule has 1 aliphatic rings. The summed E-state index contributed by atoms with van der Waals surface area (Å²) in [4.78, 5) is 16.9. The first-order chi connectivity index (χ1) is 14.8. The van der Waals surface area contributed by atoms with Crippen LogP contribution in [0.3, 0.4) is 0 Å². The van der Waals surface area contributed by atoms with Gasteiger partial charge in [-0.3, -0.25) is 4.98 Å². The Morgan fingerprint density at radius 3 is 2.97 bits per heavy atom. The molecule has 5 heterocycles. The van der Waals surface area contributed by atoms with Crippen LogP contribution in [0.1, 0.15) is 23.3 Å². The van der Waals surface area contributed by atoms with E-state index in [-0.39, 0.29) is 6.10 Å². The summed E-state index contributed by atoms with van der Waals surface area (Å²) >= 11 is 1.70. The normalized spacial score (nSPS) is 16.8. The van der Waals surface area contributed by atoms with E-state index in [0.717, 1.165) is 37.3 Å². The molecule has 30 heavy (non-hydrogen) atoms. The fourth-order valence-corrected chi connectivity index (χ4v) is 4.16. The lowest BCUT2D eigenvalue weighted by atomic mass is 10.1. The maximum atomic E-state index is 6.16. The van der Waals surface area contributed by atoms with Crippen LogP contribution in [0.2, 0.25) is 0 Å². The molecule has 10 heteroatoms. The number of nitrogens with one attached hydrogen (secondary N) is 1. The quantitative estimate of drug-likeness (QED) is 0.480. The molecule has 0 spiro atoms. The van der Waals surface area contributed by atoms with Crippen LogP contribution < -0.4 is 10.2 Å². The van der Waals surface area contributed by atoms with Gasteiger partial charge >= 0.3 is 0 Å². The second-order valence-corrected chi connectivity index (χ2v) is 8.15. The molecular formula is C20H21N7O2S. The van der Waals surface area contributed by atoms with E-state index < -0.39 is 0 Å². The van der Waals surface area contributed by atoms with Crippen molar-refractivity contribution < 1.29 is 9.37 Å². The van der Waals surface area contributed by atoms with Crippen molar-refractivity contribution in [3.05, 3.63) is 52.5 Å². The lowest BCUT2D eigenvalue weighted by Gasteiger charge is -2.34. The third-order valence-corrected chi connectivity index (χ3v) is 5.87. The summed E-state index contributed by atoms with van der Waals surface area (Å²) in [7, 11) is 0. The first kappa shape index (κ1) is 18.9.